The normalized spacial score (nSPS) is 22.0. The molecule has 2 aromatic rings. The fraction of sp³-hybridized carbons (Fsp3) is 0.571. The number of aliphatic hydroxyl groups excluding tert-OH is 4. The first-order valence-corrected chi connectivity index (χ1v) is 25.3. The summed E-state index contributed by atoms with van der Waals surface area (Å²) in [6.45, 7) is 14.0. The summed E-state index contributed by atoms with van der Waals surface area (Å²) < 4.78 is 18.0. The molecule has 0 fully saturated rings. The van der Waals surface area contributed by atoms with Crippen LogP contribution in [-0.2, 0) is 40.3 Å². The van der Waals surface area contributed by atoms with Gasteiger partial charge in [-0.2, -0.15) is 0 Å². The van der Waals surface area contributed by atoms with Gasteiger partial charge >= 0.3 is 5.97 Å². The van der Waals surface area contributed by atoms with E-state index in [0.717, 1.165) is 32.8 Å². The number of amides is 3. The lowest BCUT2D eigenvalue weighted by molar-refractivity contribution is -0.156. The van der Waals surface area contributed by atoms with Gasteiger partial charge in [0.25, 0.3) is 11.8 Å². The zero-order valence-electron chi connectivity index (χ0n) is 43.7. The maximum atomic E-state index is 14.5. The Balaban J connectivity index is 1.22. The molecular formula is C56H77N3O13. The van der Waals surface area contributed by atoms with Crippen LogP contribution in [0.3, 0.4) is 0 Å². The van der Waals surface area contributed by atoms with Crippen LogP contribution in [0.15, 0.2) is 58.7 Å². The number of hydrogen-bond acceptors (Lipinski definition) is 13. The maximum Gasteiger partial charge on any atom is 0.336 e. The number of allylic oxidation sites excluding steroid dienone is 8. The van der Waals surface area contributed by atoms with E-state index in [4.69, 9.17) is 14.2 Å². The van der Waals surface area contributed by atoms with Crippen LogP contribution in [0.25, 0.3) is 0 Å². The molecule has 72 heavy (non-hydrogen) atoms. The number of methoxy groups -OCH3 is 1. The third-order valence-electron chi connectivity index (χ3n) is 15.0. The Morgan fingerprint density at radius 1 is 0.750 bits per heavy atom. The number of fused-ring (bicyclic) bond motifs is 6. The molecule has 0 aromatic heterocycles. The first kappa shape index (κ1) is 55.6. The van der Waals surface area contributed by atoms with Crippen molar-refractivity contribution in [2.45, 2.75) is 181 Å². The van der Waals surface area contributed by atoms with Crippen LogP contribution in [-0.4, -0.2) is 126 Å². The maximum absolute atomic E-state index is 14.5. The van der Waals surface area contributed by atoms with E-state index in [1.807, 2.05) is 6.92 Å². The van der Waals surface area contributed by atoms with Gasteiger partial charge in [-0.05, 0) is 132 Å². The van der Waals surface area contributed by atoms with E-state index in [1.54, 1.807) is 11.8 Å². The molecule has 0 radical (unpaired) electrons. The van der Waals surface area contributed by atoms with Crippen LogP contribution in [0.5, 0.6) is 23.0 Å². The van der Waals surface area contributed by atoms with Gasteiger partial charge in [-0.15, -0.1) is 0 Å². The van der Waals surface area contributed by atoms with Gasteiger partial charge in [0.1, 0.15) is 40.2 Å². The smallest absolute Gasteiger partial charge is 0.336 e. The molecule has 2 aromatic carbocycles. The molecule has 7 N–H and O–H groups in total. The molecule has 5 atom stereocenters. The van der Waals surface area contributed by atoms with Crippen molar-refractivity contribution in [1.29, 1.82) is 0 Å². The van der Waals surface area contributed by atoms with Crippen LogP contribution in [0, 0.1) is 0 Å². The van der Waals surface area contributed by atoms with E-state index >= 15 is 0 Å². The molecule has 0 bridgehead atoms. The summed E-state index contributed by atoms with van der Waals surface area (Å²) in [5.74, 6) is -2.83. The standard InChI is InChI=1S/C56H77N3O13/c1-33(2)15-10-17-35(5)19-12-22-54(7)46(64)27-39-44(62)25-37-41(48(39)71-54)29-58(51(37)67)24-14-21-43(50(66)57-56(31-60,32-61)53(69)70-9)59-30-42-38(52(59)68)26-45(63)40-28-47(65)55(8,72-49(40)42)23-13-20-36(6)18-11-16-34(3)4/h15-16,19-20,25-26,43,46-47,60-65H,10-14,17-18,21-24,27-32H2,1-9H3,(H,57,66)/b35-19+,36-20+/t43-,46-,47-,54+,55+/m0/s1. The summed E-state index contributed by atoms with van der Waals surface area (Å²) in [4.78, 5) is 58.8. The quantitative estimate of drug-likeness (QED) is 0.0469. The van der Waals surface area contributed by atoms with Gasteiger partial charge < -0.3 is 60.0 Å². The number of benzene rings is 2. The number of aromatic hydroxyl groups is 2. The van der Waals surface area contributed by atoms with E-state index in [2.05, 4.69) is 71.2 Å². The van der Waals surface area contributed by atoms with Crippen LogP contribution < -0.4 is 14.8 Å². The third kappa shape index (κ3) is 11.9. The number of aliphatic hydroxyl groups is 4. The van der Waals surface area contributed by atoms with Crippen molar-refractivity contribution in [3.05, 3.63) is 92.1 Å². The Labute approximate surface area is 424 Å². The Kier molecular flexibility index (Phi) is 17.8. The number of nitrogens with one attached hydrogen (secondary N) is 1. The lowest BCUT2D eigenvalue weighted by Gasteiger charge is -2.41. The molecule has 0 unspecified atom stereocenters. The van der Waals surface area contributed by atoms with E-state index in [1.165, 1.54) is 39.3 Å². The van der Waals surface area contributed by atoms with E-state index in [-0.39, 0.29) is 79.6 Å². The molecule has 4 aliphatic rings. The predicted octanol–water partition coefficient (Wildman–Crippen LogP) is 6.93. The summed E-state index contributed by atoms with van der Waals surface area (Å²) in [7, 11) is 1.04. The summed E-state index contributed by atoms with van der Waals surface area (Å²) in [6, 6.07) is 1.35. The molecule has 4 aliphatic heterocycles. The minimum atomic E-state index is -2.26. The fourth-order valence-corrected chi connectivity index (χ4v) is 10.2. The van der Waals surface area contributed by atoms with E-state index in [9.17, 15) is 49.8 Å². The Morgan fingerprint density at radius 2 is 1.22 bits per heavy atom. The molecule has 6 rings (SSSR count). The number of hydrogen-bond donors (Lipinski definition) is 7. The number of carbonyl (C=O) groups is 4. The largest absolute Gasteiger partial charge is 0.508 e. The van der Waals surface area contributed by atoms with Crippen molar-refractivity contribution in [3.63, 3.8) is 0 Å². The molecular weight excluding hydrogens is 923 g/mol. The number of phenolic OH excluding ortho intramolecular Hbond substituents is 2. The second kappa shape index (κ2) is 23.0. The van der Waals surface area contributed by atoms with E-state index in [0.29, 0.717) is 53.7 Å². The first-order chi connectivity index (χ1) is 34.0. The number of ether oxygens (including phenoxy) is 3. The van der Waals surface area contributed by atoms with Crippen molar-refractivity contribution in [1.82, 2.24) is 15.1 Å². The van der Waals surface area contributed by atoms with Crippen molar-refractivity contribution in [2.24, 2.45) is 0 Å². The topological polar surface area (TPSA) is 236 Å². The average Bonchev–Trinajstić information content (AvgIpc) is 3.81. The lowest BCUT2D eigenvalue weighted by Crippen LogP contribution is -2.63. The van der Waals surface area contributed by atoms with Crippen LogP contribution >= 0.6 is 0 Å². The highest BCUT2D eigenvalue weighted by atomic mass is 16.5. The van der Waals surface area contributed by atoms with Gasteiger partial charge in [-0.25, -0.2) is 4.79 Å². The van der Waals surface area contributed by atoms with E-state index < -0.39 is 66.0 Å². The Hall–Kier alpha value is -5.68. The lowest BCUT2D eigenvalue weighted by atomic mass is 9.84. The molecule has 16 nitrogen and oxygen atoms in total. The summed E-state index contributed by atoms with van der Waals surface area (Å²) in [5.41, 5.74) is 2.63. The SMILES string of the molecule is COC(=O)C(CO)(CO)NC(=O)[C@H](CCCN1Cc2c(cc(O)c3c2O[C@](C)(CC/C=C(\C)CCC=C(C)C)[C@@H](O)C3)C1=O)N1Cc2c(cc(O)c3c2O[C@](C)(CC/C=C(\C)CCC=C(C)C)[C@@H](O)C3)C1=O. The minimum Gasteiger partial charge on any atom is -0.508 e. The van der Waals surface area contributed by atoms with Crippen LogP contribution in [0.2, 0.25) is 0 Å². The highest BCUT2D eigenvalue weighted by Crippen LogP contribution is 2.48. The number of nitrogens with zero attached hydrogens (tertiary/aromatic N) is 2. The predicted molar refractivity (Wildman–Crippen MR) is 272 cm³/mol. The summed E-state index contributed by atoms with van der Waals surface area (Å²) >= 11 is 0. The monoisotopic (exact) mass is 1000 g/mol. The Bertz CT molecular complexity index is 2520. The molecule has 16 heteroatoms. The van der Waals surface area contributed by atoms with Gasteiger partial charge in [0.05, 0.1) is 56.7 Å². The van der Waals surface area contributed by atoms with Gasteiger partial charge in [-0.3, -0.25) is 14.4 Å². The first-order valence-electron chi connectivity index (χ1n) is 25.3. The molecule has 0 spiro atoms. The van der Waals surface area contributed by atoms with Gasteiger partial charge in [0.15, 0.2) is 5.54 Å². The highest BCUT2D eigenvalue weighted by molar-refractivity contribution is 6.03. The molecule has 4 heterocycles. The Morgan fingerprint density at radius 3 is 1.68 bits per heavy atom. The molecule has 0 aliphatic carbocycles. The molecule has 0 saturated heterocycles. The van der Waals surface area contributed by atoms with Crippen LogP contribution in [0.1, 0.15) is 163 Å². The molecule has 394 valence electrons. The van der Waals surface area contributed by atoms with Crippen molar-refractivity contribution < 1.29 is 64.0 Å². The zero-order valence-corrected chi connectivity index (χ0v) is 43.7. The number of rotatable bonds is 22. The third-order valence-corrected chi connectivity index (χ3v) is 15.0. The number of esters is 1. The number of phenols is 2. The highest BCUT2D eigenvalue weighted by Gasteiger charge is 2.49. The fourth-order valence-electron chi connectivity index (χ4n) is 10.2. The second-order valence-corrected chi connectivity index (χ2v) is 21.2. The molecule has 3 amide bonds. The van der Waals surface area contributed by atoms with Gasteiger partial charge in [0.2, 0.25) is 5.91 Å². The molecule has 0 saturated carbocycles. The average molecular weight is 1000 g/mol. The zero-order chi connectivity index (χ0) is 52.9. The van der Waals surface area contributed by atoms with Gasteiger partial charge in [0, 0.05) is 41.6 Å². The second-order valence-electron chi connectivity index (χ2n) is 21.2. The van der Waals surface area contributed by atoms with Crippen LogP contribution in [0.4, 0.5) is 0 Å². The van der Waals surface area contributed by atoms with Crippen molar-refractivity contribution in [3.8, 4) is 23.0 Å². The minimum absolute atomic E-state index is 0.0489. The van der Waals surface area contributed by atoms with Crippen molar-refractivity contribution in [2.75, 3.05) is 26.9 Å². The van der Waals surface area contributed by atoms with Gasteiger partial charge in [-0.1, -0.05) is 46.6 Å². The summed E-state index contributed by atoms with van der Waals surface area (Å²) in [5, 5.41) is 68.3. The number of carbonyl (C=O) groups excluding carboxylic acids is 4. The van der Waals surface area contributed by atoms with Crippen molar-refractivity contribution >= 4 is 23.7 Å². The summed E-state index contributed by atoms with van der Waals surface area (Å²) in [6.07, 6.45) is 12.9.